The predicted molar refractivity (Wildman–Crippen MR) is 176 cm³/mol. The number of nitrogens with zero attached hydrogens (tertiary/aromatic N) is 3. The number of H-pyrrole nitrogens is 3. The summed E-state index contributed by atoms with van der Waals surface area (Å²) in [5.41, 5.74) is 6.56. The van der Waals surface area contributed by atoms with Crippen molar-refractivity contribution in [1.29, 1.82) is 0 Å². The van der Waals surface area contributed by atoms with Crippen LogP contribution in [0.3, 0.4) is 0 Å². The minimum absolute atomic E-state index is 0.108. The number of fused-ring (bicyclic) bond motifs is 3. The van der Waals surface area contributed by atoms with E-state index in [0.717, 1.165) is 80.2 Å². The Morgan fingerprint density at radius 2 is 1.55 bits per heavy atom. The molecule has 4 aromatic rings. The molecule has 3 aliphatic heterocycles. The van der Waals surface area contributed by atoms with Crippen molar-refractivity contribution in [3.8, 4) is 11.3 Å². The number of aromatic nitrogens is 3. The number of carbonyl (C=O) groups is 1. The van der Waals surface area contributed by atoms with Crippen LogP contribution in [-0.4, -0.2) is 80.4 Å². The van der Waals surface area contributed by atoms with Crippen LogP contribution < -0.4 is 11.2 Å². The number of hydrogen-bond donors (Lipinski definition) is 3. The molecule has 7 rings (SSSR count). The predicted octanol–water partition coefficient (Wildman–Crippen LogP) is 4.42. The molecule has 3 fully saturated rings. The first-order valence-corrected chi connectivity index (χ1v) is 16.6. The molecule has 9 nitrogen and oxygen atoms in total. The summed E-state index contributed by atoms with van der Waals surface area (Å²) < 4.78 is 0. The highest BCUT2D eigenvalue weighted by Gasteiger charge is 2.43. The monoisotopic (exact) mass is 612 g/mol. The number of aryl methyl sites for hydroxylation is 2. The fraction of sp³-hybridized carbons (Fsp3) is 0.441. The summed E-state index contributed by atoms with van der Waals surface area (Å²) in [6.07, 6.45) is 5.38. The molecule has 6 heterocycles. The van der Waals surface area contributed by atoms with E-state index in [0.29, 0.717) is 29.9 Å². The van der Waals surface area contributed by atoms with E-state index in [1.807, 2.05) is 0 Å². The zero-order valence-electron chi connectivity index (χ0n) is 25.5. The third-order valence-corrected chi connectivity index (χ3v) is 10.8. The van der Waals surface area contributed by atoms with Crippen LogP contribution in [0.2, 0.25) is 0 Å². The minimum Gasteiger partial charge on any atom is -0.346 e. The van der Waals surface area contributed by atoms with Gasteiger partial charge >= 0.3 is 5.69 Å². The summed E-state index contributed by atoms with van der Waals surface area (Å²) in [7, 11) is 0. The summed E-state index contributed by atoms with van der Waals surface area (Å²) in [5, 5.41) is 1.19. The lowest BCUT2D eigenvalue weighted by atomic mass is 9.99. The Labute approximate surface area is 260 Å². The van der Waals surface area contributed by atoms with Gasteiger partial charge in [0.15, 0.2) is 0 Å². The van der Waals surface area contributed by atoms with Gasteiger partial charge in [-0.1, -0.05) is 23.8 Å². The average molecular weight is 613 g/mol. The molecular formula is C34H40N6O3S. The molecule has 0 spiro atoms. The number of aromatic amines is 3. The van der Waals surface area contributed by atoms with Crippen molar-refractivity contribution in [2.45, 2.75) is 64.6 Å². The van der Waals surface area contributed by atoms with Gasteiger partial charge in [0.05, 0.1) is 5.69 Å². The molecule has 2 bridgehead atoms. The van der Waals surface area contributed by atoms with Crippen molar-refractivity contribution in [3.05, 3.63) is 85.0 Å². The second kappa shape index (κ2) is 11.6. The Morgan fingerprint density at radius 3 is 2.20 bits per heavy atom. The number of thiophene rings is 1. The molecule has 44 heavy (non-hydrogen) atoms. The summed E-state index contributed by atoms with van der Waals surface area (Å²) >= 11 is 1.65. The number of hydrogen-bond acceptors (Lipinski definition) is 6. The van der Waals surface area contributed by atoms with Crippen LogP contribution in [-0.2, 0) is 17.8 Å². The van der Waals surface area contributed by atoms with Crippen LogP contribution in [0.15, 0.2) is 46.5 Å². The van der Waals surface area contributed by atoms with Crippen molar-refractivity contribution < 1.29 is 4.79 Å². The molecular weight excluding hydrogens is 572 g/mol. The smallest absolute Gasteiger partial charge is 0.325 e. The van der Waals surface area contributed by atoms with E-state index in [1.54, 1.807) is 11.3 Å². The Kier molecular flexibility index (Phi) is 7.68. The van der Waals surface area contributed by atoms with Gasteiger partial charge in [0, 0.05) is 78.9 Å². The van der Waals surface area contributed by atoms with E-state index in [9.17, 15) is 14.4 Å². The first-order chi connectivity index (χ1) is 21.2. The summed E-state index contributed by atoms with van der Waals surface area (Å²) in [4.78, 5) is 54.5. The summed E-state index contributed by atoms with van der Waals surface area (Å²) in [6, 6.07) is 11.1. The maximum Gasteiger partial charge on any atom is 0.325 e. The van der Waals surface area contributed by atoms with Crippen molar-refractivity contribution in [2.24, 2.45) is 0 Å². The lowest BCUT2D eigenvalue weighted by Gasteiger charge is -2.34. The van der Waals surface area contributed by atoms with Gasteiger partial charge in [-0.15, -0.1) is 11.3 Å². The summed E-state index contributed by atoms with van der Waals surface area (Å²) in [5.74, 6) is 0.108. The molecule has 3 aromatic heterocycles. The molecule has 10 heteroatoms. The highest BCUT2D eigenvalue weighted by molar-refractivity contribution is 7.20. The maximum atomic E-state index is 13.5. The van der Waals surface area contributed by atoms with Gasteiger partial charge in [-0.25, -0.2) is 4.79 Å². The molecule has 0 unspecified atom stereocenters. The molecule has 0 radical (unpaired) electrons. The molecule has 1 aromatic carbocycles. The second-order valence-electron chi connectivity index (χ2n) is 12.8. The Hall–Kier alpha value is -3.73. The van der Waals surface area contributed by atoms with Gasteiger partial charge in [-0.2, -0.15) is 0 Å². The summed E-state index contributed by atoms with van der Waals surface area (Å²) in [6.45, 7) is 13.6. The number of nitrogens with one attached hydrogen (secondary N) is 3. The number of piperazine rings is 1. The second-order valence-corrected chi connectivity index (χ2v) is 13.9. The molecule has 230 valence electrons. The van der Waals surface area contributed by atoms with Gasteiger partial charge in [0.1, 0.15) is 4.83 Å². The largest absolute Gasteiger partial charge is 0.346 e. The van der Waals surface area contributed by atoms with Gasteiger partial charge in [-0.05, 0) is 75.3 Å². The fourth-order valence-corrected chi connectivity index (χ4v) is 8.65. The molecule has 3 aliphatic rings. The molecule has 1 amide bonds. The number of rotatable bonds is 8. The van der Waals surface area contributed by atoms with E-state index < -0.39 is 5.69 Å². The van der Waals surface area contributed by atoms with Crippen LogP contribution >= 0.6 is 11.3 Å². The van der Waals surface area contributed by atoms with Crippen molar-refractivity contribution in [2.75, 3.05) is 32.7 Å². The zero-order valence-corrected chi connectivity index (χ0v) is 26.3. The first-order valence-electron chi connectivity index (χ1n) is 15.7. The van der Waals surface area contributed by atoms with Crippen molar-refractivity contribution in [3.63, 3.8) is 0 Å². The van der Waals surface area contributed by atoms with Gasteiger partial charge in [0.25, 0.3) is 11.5 Å². The SMILES string of the molecule is C=C(C(=O)N1C2CCC1CC2)c1cc2c(CCN3CCN(Cc4cc(=O)[nH]c(=O)[nH]4)CC3)c(-c3cc(C)cc(C)c3)[nH]c2s1. The highest BCUT2D eigenvalue weighted by Crippen LogP contribution is 2.42. The molecule has 0 atom stereocenters. The Bertz CT molecular complexity index is 1790. The topological polar surface area (TPSA) is 108 Å². The van der Waals surface area contributed by atoms with E-state index in [1.165, 1.54) is 33.7 Å². The number of carbonyl (C=O) groups excluding carboxylic acids is 1. The van der Waals surface area contributed by atoms with Crippen LogP contribution in [0.4, 0.5) is 0 Å². The van der Waals surface area contributed by atoms with E-state index in [4.69, 9.17) is 0 Å². The quantitative estimate of drug-likeness (QED) is 0.256. The van der Waals surface area contributed by atoms with Crippen LogP contribution in [0, 0.1) is 13.8 Å². The lowest BCUT2D eigenvalue weighted by molar-refractivity contribution is -0.126. The maximum absolute atomic E-state index is 13.5. The standard InChI is InChI=1S/C34H40N6O3S/c1-20-14-21(2)16-23(15-20)31-27(8-9-38-10-12-39(13-11-38)19-24-17-30(41)36-34(43)35-24)28-18-29(44-32(28)37-31)22(3)33(42)40-25-4-5-26(40)7-6-25/h14-18,25-26,37H,3-13,19H2,1-2H3,(H2,35,36,41,43). The van der Waals surface area contributed by atoms with Crippen molar-refractivity contribution in [1.82, 2.24) is 29.7 Å². The Balaban J connectivity index is 1.10. The van der Waals surface area contributed by atoms with E-state index in [2.05, 4.69) is 74.3 Å². The van der Waals surface area contributed by atoms with Crippen LogP contribution in [0.5, 0.6) is 0 Å². The van der Waals surface area contributed by atoms with Crippen LogP contribution in [0.25, 0.3) is 27.0 Å². The lowest BCUT2D eigenvalue weighted by Crippen LogP contribution is -2.46. The van der Waals surface area contributed by atoms with Gasteiger partial charge in [0.2, 0.25) is 0 Å². The highest BCUT2D eigenvalue weighted by atomic mass is 32.1. The van der Waals surface area contributed by atoms with Crippen LogP contribution in [0.1, 0.15) is 52.9 Å². The average Bonchev–Trinajstić information content (AvgIpc) is 3.75. The van der Waals surface area contributed by atoms with E-state index in [-0.39, 0.29) is 11.5 Å². The molecule has 0 saturated carbocycles. The van der Waals surface area contributed by atoms with Gasteiger partial charge in [-0.3, -0.25) is 19.5 Å². The Morgan fingerprint density at radius 1 is 0.886 bits per heavy atom. The molecule has 3 saturated heterocycles. The zero-order chi connectivity index (χ0) is 30.5. The third-order valence-electron chi connectivity index (χ3n) is 9.70. The molecule has 3 N–H and O–H groups in total. The first kappa shape index (κ1) is 29.0. The molecule has 0 aliphatic carbocycles. The third kappa shape index (κ3) is 5.62. The van der Waals surface area contributed by atoms with E-state index >= 15 is 0 Å². The van der Waals surface area contributed by atoms with Crippen molar-refractivity contribution >= 4 is 33.0 Å². The van der Waals surface area contributed by atoms with Gasteiger partial charge < -0.3 is 19.8 Å². The minimum atomic E-state index is -0.462. The number of amides is 1. The fourth-order valence-electron chi connectivity index (χ4n) is 7.60. The normalized spacial score (nSPS) is 20.6. The number of benzene rings is 1.